The molecule has 0 spiro atoms. The van der Waals surface area contributed by atoms with Crippen molar-refractivity contribution in [3.63, 3.8) is 0 Å². The third kappa shape index (κ3) is 4.34. The van der Waals surface area contributed by atoms with Gasteiger partial charge in [-0.15, -0.1) is 0 Å². The van der Waals surface area contributed by atoms with Crippen LogP contribution in [0.3, 0.4) is 0 Å². The monoisotopic (exact) mass is 399 g/mol. The number of alkyl halides is 3. The Labute approximate surface area is 161 Å². The lowest BCUT2D eigenvalue weighted by Gasteiger charge is -2.29. The predicted molar refractivity (Wildman–Crippen MR) is 98.5 cm³/mol. The number of rotatable bonds is 4. The van der Waals surface area contributed by atoms with Gasteiger partial charge in [0.1, 0.15) is 11.8 Å². The molecule has 1 aromatic rings. The second kappa shape index (κ2) is 8.28. The number of methoxy groups -OCH3 is 1. The van der Waals surface area contributed by atoms with Gasteiger partial charge in [-0.25, -0.2) is 0 Å². The van der Waals surface area contributed by atoms with Gasteiger partial charge in [0.15, 0.2) is 0 Å². The molecule has 1 atom stereocenters. The number of carbonyl (C=O) groups is 2. The molecule has 2 saturated heterocycles. The standard InChI is InChI=1S/C19H24F3N3O3/c1-28-16-8-7-13(24-9-3-2-4-10-24)12-14(16)23-17(26)15-6-5-11-25(15)18(27)19(20,21)22/h7-8,12,15H,2-6,9-11H2,1H3,(H,23,26). The van der Waals surface area contributed by atoms with E-state index < -0.39 is 24.0 Å². The SMILES string of the molecule is COc1ccc(N2CCCCC2)cc1NC(=O)C1CCCN1C(=O)C(F)(F)F. The average molecular weight is 399 g/mol. The van der Waals surface area contributed by atoms with E-state index in [0.717, 1.165) is 31.6 Å². The Hall–Kier alpha value is -2.45. The summed E-state index contributed by atoms with van der Waals surface area (Å²) in [4.78, 5) is 27.1. The highest BCUT2D eigenvalue weighted by Gasteiger charge is 2.47. The largest absolute Gasteiger partial charge is 0.495 e. The number of benzene rings is 1. The van der Waals surface area contributed by atoms with Gasteiger partial charge in [0, 0.05) is 25.3 Å². The van der Waals surface area contributed by atoms with Crippen molar-refractivity contribution in [2.24, 2.45) is 0 Å². The maximum absolute atomic E-state index is 12.8. The Morgan fingerprint density at radius 2 is 1.82 bits per heavy atom. The third-order valence-electron chi connectivity index (χ3n) is 5.22. The molecule has 2 aliphatic rings. The first kappa shape index (κ1) is 20.3. The van der Waals surface area contributed by atoms with Crippen LogP contribution in [0.5, 0.6) is 5.75 Å². The maximum atomic E-state index is 12.8. The molecule has 1 aromatic carbocycles. The number of halogens is 3. The summed E-state index contributed by atoms with van der Waals surface area (Å²) in [5.41, 5.74) is 1.31. The molecule has 6 nitrogen and oxygen atoms in total. The van der Waals surface area contributed by atoms with Gasteiger partial charge in [-0.2, -0.15) is 13.2 Å². The smallest absolute Gasteiger partial charge is 0.471 e. The molecule has 0 aliphatic carbocycles. The quantitative estimate of drug-likeness (QED) is 0.845. The Morgan fingerprint density at radius 1 is 1.11 bits per heavy atom. The van der Waals surface area contributed by atoms with Crippen LogP contribution < -0.4 is 15.0 Å². The van der Waals surface area contributed by atoms with E-state index in [2.05, 4.69) is 10.2 Å². The fraction of sp³-hybridized carbons (Fsp3) is 0.579. The molecule has 0 radical (unpaired) electrons. The number of anilines is 2. The molecule has 0 aromatic heterocycles. The fourth-order valence-corrected chi connectivity index (χ4v) is 3.80. The molecule has 0 saturated carbocycles. The summed E-state index contributed by atoms with van der Waals surface area (Å²) < 4.78 is 43.7. The topological polar surface area (TPSA) is 61.9 Å². The van der Waals surface area contributed by atoms with Crippen LogP contribution in [0.4, 0.5) is 24.5 Å². The summed E-state index contributed by atoms with van der Waals surface area (Å²) >= 11 is 0. The van der Waals surface area contributed by atoms with Crippen LogP contribution in [-0.2, 0) is 9.59 Å². The first-order valence-electron chi connectivity index (χ1n) is 9.43. The normalized spacial score (nSPS) is 20.2. The minimum Gasteiger partial charge on any atom is -0.495 e. The van der Waals surface area contributed by atoms with E-state index in [1.165, 1.54) is 13.5 Å². The highest BCUT2D eigenvalue weighted by molar-refractivity contribution is 5.99. The molecule has 0 bridgehead atoms. The molecule has 1 N–H and O–H groups in total. The van der Waals surface area contributed by atoms with Crippen LogP contribution in [-0.4, -0.2) is 55.7 Å². The highest BCUT2D eigenvalue weighted by Crippen LogP contribution is 2.32. The molecular formula is C19H24F3N3O3. The zero-order valence-corrected chi connectivity index (χ0v) is 15.7. The Kier molecular flexibility index (Phi) is 6.00. The summed E-state index contributed by atoms with van der Waals surface area (Å²) in [5, 5.41) is 2.67. The van der Waals surface area contributed by atoms with Crippen molar-refractivity contribution in [1.29, 1.82) is 0 Å². The zero-order valence-electron chi connectivity index (χ0n) is 15.7. The van der Waals surface area contributed by atoms with Crippen molar-refractivity contribution < 1.29 is 27.5 Å². The van der Waals surface area contributed by atoms with Crippen LogP contribution in [0, 0.1) is 0 Å². The van der Waals surface area contributed by atoms with E-state index in [-0.39, 0.29) is 13.0 Å². The molecular weight excluding hydrogens is 375 g/mol. The van der Waals surface area contributed by atoms with Crippen LogP contribution in [0.15, 0.2) is 18.2 Å². The number of hydrogen-bond acceptors (Lipinski definition) is 4. The van der Waals surface area contributed by atoms with E-state index in [1.807, 2.05) is 6.07 Å². The summed E-state index contributed by atoms with van der Waals surface area (Å²) in [5.74, 6) is -2.19. The predicted octanol–water partition coefficient (Wildman–Crippen LogP) is 3.18. The minimum atomic E-state index is -4.99. The van der Waals surface area contributed by atoms with Gasteiger partial charge in [-0.1, -0.05) is 0 Å². The van der Waals surface area contributed by atoms with Crippen molar-refractivity contribution in [1.82, 2.24) is 4.90 Å². The van der Waals surface area contributed by atoms with E-state index in [0.29, 0.717) is 22.8 Å². The van der Waals surface area contributed by atoms with Crippen molar-refractivity contribution in [2.75, 3.05) is 37.0 Å². The molecule has 1 unspecified atom stereocenters. The van der Waals surface area contributed by atoms with Gasteiger partial charge in [0.25, 0.3) is 0 Å². The number of piperidine rings is 1. The second-order valence-electron chi connectivity index (χ2n) is 7.08. The molecule has 154 valence electrons. The van der Waals surface area contributed by atoms with E-state index in [4.69, 9.17) is 4.74 Å². The first-order valence-corrected chi connectivity index (χ1v) is 9.43. The summed E-state index contributed by atoms with van der Waals surface area (Å²) in [6, 6.07) is 4.26. The number of hydrogen-bond donors (Lipinski definition) is 1. The lowest BCUT2D eigenvalue weighted by Crippen LogP contribution is -2.48. The van der Waals surface area contributed by atoms with E-state index >= 15 is 0 Å². The van der Waals surface area contributed by atoms with Gasteiger partial charge >= 0.3 is 12.1 Å². The number of nitrogens with one attached hydrogen (secondary N) is 1. The maximum Gasteiger partial charge on any atom is 0.471 e. The molecule has 2 heterocycles. The molecule has 3 rings (SSSR count). The van der Waals surface area contributed by atoms with Crippen LogP contribution >= 0.6 is 0 Å². The van der Waals surface area contributed by atoms with Crippen molar-refractivity contribution in [2.45, 2.75) is 44.3 Å². The number of carbonyl (C=O) groups excluding carboxylic acids is 2. The molecule has 2 aliphatic heterocycles. The number of likely N-dealkylation sites (tertiary alicyclic amines) is 1. The van der Waals surface area contributed by atoms with Gasteiger partial charge in [0.05, 0.1) is 12.8 Å². The molecule has 28 heavy (non-hydrogen) atoms. The highest BCUT2D eigenvalue weighted by atomic mass is 19.4. The number of nitrogens with zero attached hydrogens (tertiary/aromatic N) is 2. The van der Waals surface area contributed by atoms with Gasteiger partial charge < -0.3 is 19.9 Å². The molecule has 2 amide bonds. The molecule has 2 fully saturated rings. The van der Waals surface area contributed by atoms with Gasteiger partial charge in [-0.3, -0.25) is 9.59 Å². The first-order chi connectivity index (χ1) is 13.3. The zero-order chi connectivity index (χ0) is 20.3. The van der Waals surface area contributed by atoms with Crippen molar-refractivity contribution in [3.8, 4) is 5.75 Å². The van der Waals surface area contributed by atoms with Crippen LogP contribution in [0.2, 0.25) is 0 Å². The van der Waals surface area contributed by atoms with E-state index in [9.17, 15) is 22.8 Å². The summed E-state index contributed by atoms with van der Waals surface area (Å²) in [7, 11) is 1.46. The van der Waals surface area contributed by atoms with Gasteiger partial charge in [-0.05, 0) is 50.3 Å². The van der Waals surface area contributed by atoms with Crippen LogP contribution in [0.25, 0.3) is 0 Å². The fourth-order valence-electron chi connectivity index (χ4n) is 3.80. The summed E-state index contributed by atoms with van der Waals surface area (Å²) in [6.45, 7) is 1.74. The lowest BCUT2D eigenvalue weighted by molar-refractivity contribution is -0.186. The van der Waals surface area contributed by atoms with Crippen LogP contribution in [0.1, 0.15) is 32.1 Å². The Morgan fingerprint density at radius 3 is 2.46 bits per heavy atom. The van der Waals surface area contributed by atoms with Crippen molar-refractivity contribution >= 4 is 23.2 Å². The second-order valence-corrected chi connectivity index (χ2v) is 7.08. The Bertz CT molecular complexity index is 733. The average Bonchev–Trinajstić information content (AvgIpc) is 3.17. The minimum absolute atomic E-state index is 0.0820. The third-order valence-corrected chi connectivity index (χ3v) is 5.22. The summed E-state index contributed by atoms with van der Waals surface area (Å²) in [6.07, 6.45) is -1.09. The van der Waals surface area contributed by atoms with E-state index in [1.54, 1.807) is 12.1 Å². The Balaban J connectivity index is 1.77. The van der Waals surface area contributed by atoms with Crippen molar-refractivity contribution in [3.05, 3.63) is 18.2 Å². The number of amides is 2. The molecule has 9 heteroatoms. The lowest BCUT2D eigenvalue weighted by atomic mass is 10.1. The van der Waals surface area contributed by atoms with Gasteiger partial charge in [0.2, 0.25) is 5.91 Å². The number of ether oxygens (including phenoxy) is 1.